The average molecular weight is 448 g/mol. The van der Waals surface area contributed by atoms with Crippen LogP contribution in [0.25, 0.3) is 0 Å². The first-order chi connectivity index (χ1) is 11.4. The van der Waals surface area contributed by atoms with E-state index in [2.05, 4.69) is 43.2 Å². The Morgan fingerprint density at radius 3 is 2.46 bits per heavy atom. The molecule has 128 valence electrons. The topological polar surface area (TPSA) is 49.8 Å². The van der Waals surface area contributed by atoms with Gasteiger partial charge in [-0.05, 0) is 47.6 Å². The molecule has 1 heterocycles. The fraction of sp³-hybridized carbons (Fsp3) is 0.375. The first-order valence-corrected chi connectivity index (χ1v) is 8.74. The molecule has 0 radical (unpaired) electrons. The van der Waals surface area contributed by atoms with E-state index in [4.69, 9.17) is 0 Å². The summed E-state index contributed by atoms with van der Waals surface area (Å²) in [6.45, 7) is 0. The predicted molar refractivity (Wildman–Crippen MR) is 95.4 cm³/mol. The van der Waals surface area contributed by atoms with Gasteiger partial charge in [-0.3, -0.25) is 0 Å². The first kappa shape index (κ1) is 17.2. The normalized spacial score (nSPS) is 15.5. The van der Waals surface area contributed by atoms with E-state index in [1.807, 2.05) is 18.2 Å². The second-order valence-corrected chi connectivity index (χ2v) is 6.85. The number of benzene rings is 1. The summed E-state index contributed by atoms with van der Waals surface area (Å²) in [5.74, 6) is 0.145. The molecule has 3 rings (SSSR count). The molecule has 0 spiro atoms. The Bertz CT molecular complexity index is 715. The van der Waals surface area contributed by atoms with Crippen LogP contribution in [0.5, 0.6) is 0 Å². The van der Waals surface area contributed by atoms with E-state index in [1.54, 1.807) is 6.07 Å². The lowest BCUT2D eigenvalue weighted by molar-refractivity contribution is -0.141. The number of halogens is 4. The van der Waals surface area contributed by atoms with Crippen LogP contribution in [0, 0.1) is 3.57 Å². The van der Waals surface area contributed by atoms with Crippen molar-refractivity contribution < 1.29 is 13.2 Å². The molecular formula is C16H16F3IN4. The van der Waals surface area contributed by atoms with Gasteiger partial charge in [0.05, 0.1) is 5.69 Å². The van der Waals surface area contributed by atoms with Crippen LogP contribution in [-0.2, 0) is 6.18 Å². The van der Waals surface area contributed by atoms with E-state index in [0.717, 1.165) is 35.3 Å². The minimum Gasteiger partial charge on any atom is -0.351 e. The highest BCUT2D eigenvalue weighted by Gasteiger charge is 2.34. The van der Waals surface area contributed by atoms with Crippen LogP contribution in [0.2, 0.25) is 0 Å². The molecule has 0 saturated heterocycles. The molecule has 0 bridgehead atoms. The lowest BCUT2D eigenvalue weighted by atomic mass is 10.2. The fourth-order valence-electron chi connectivity index (χ4n) is 2.67. The van der Waals surface area contributed by atoms with Gasteiger partial charge >= 0.3 is 6.18 Å². The van der Waals surface area contributed by atoms with Crippen LogP contribution in [0.15, 0.2) is 30.3 Å². The van der Waals surface area contributed by atoms with Crippen molar-refractivity contribution in [1.82, 2.24) is 9.97 Å². The molecular weight excluding hydrogens is 432 g/mol. The molecule has 0 aliphatic heterocycles. The number of nitrogens with one attached hydrogen (secondary N) is 2. The van der Waals surface area contributed by atoms with Crippen molar-refractivity contribution in [3.05, 3.63) is 39.6 Å². The summed E-state index contributed by atoms with van der Waals surface area (Å²) < 4.78 is 40.3. The first-order valence-electron chi connectivity index (χ1n) is 7.66. The molecule has 1 fully saturated rings. The average Bonchev–Trinajstić information content (AvgIpc) is 3.01. The van der Waals surface area contributed by atoms with Crippen LogP contribution >= 0.6 is 22.6 Å². The van der Waals surface area contributed by atoms with E-state index in [1.165, 1.54) is 0 Å². The van der Waals surface area contributed by atoms with Crippen molar-refractivity contribution in [3.8, 4) is 0 Å². The number of anilines is 3. The van der Waals surface area contributed by atoms with E-state index >= 15 is 0 Å². The van der Waals surface area contributed by atoms with Crippen molar-refractivity contribution >= 4 is 40.0 Å². The Kier molecular flexibility index (Phi) is 5.12. The van der Waals surface area contributed by atoms with Crippen molar-refractivity contribution in [3.63, 3.8) is 0 Å². The molecule has 24 heavy (non-hydrogen) atoms. The van der Waals surface area contributed by atoms with Crippen LogP contribution in [0.3, 0.4) is 0 Å². The largest absolute Gasteiger partial charge is 0.433 e. The molecule has 2 aromatic rings. The van der Waals surface area contributed by atoms with Gasteiger partial charge in [0, 0.05) is 15.7 Å². The summed E-state index contributed by atoms with van der Waals surface area (Å²) in [5.41, 5.74) is -0.247. The lowest BCUT2D eigenvalue weighted by Crippen LogP contribution is -2.19. The molecule has 8 heteroatoms. The van der Waals surface area contributed by atoms with Crippen LogP contribution in [0.4, 0.5) is 30.6 Å². The minimum absolute atomic E-state index is 0.0187. The lowest BCUT2D eigenvalue weighted by Gasteiger charge is -2.16. The highest BCUT2D eigenvalue weighted by Crippen LogP contribution is 2.31. The Labute approximate surface area is 151 Å². The number of aromatic nitrogens is 2. The van der Waals surface area contributed by atoms with E-state index in [0.29, 0.717) is 5.69 Å². The zero-order valence-corrected chi connectivity index (χ0v) is 14.9. The van der Waals surface area contributed by atoms with Gasteiger partial charge in [-0.1, -0.05) is 25.0 Å². The third kappa shape index (κ3) is 4.28. The number of rotatable bonds is 4. The summed E-state index contributed by atoms with van der Waals surface area (Å²) in [5, 5.41) is 5.98. The number of nitrogens with zero attached hydrogens (tertiary/aromatic N) is 2. The summed E-state index contributed by atoms with van der Waals surface area (Å²) in [6, 6.07) is 8.41. The standard InChI is InChI=1S/C16H16F3IN4/c17-16(18,19)13-9-14(22-12-8-4-3-7-11(12)20)24-15(23-13)21-10-5-1-2-6-10/h3-4,7-10H,1-2,5-6H2,(H2,21,22,23,24). The summed E-state index contributed by atoms with van der Waals surface area (Å²) >= 11 is 2.12. The van der Waals surface area contributed by atoms with Gasteiger partial charge in [-0.15, -0.1) is 0 Å². The number of hydrogen-bond donors (Lipinski definition) is 2. The monoisotopic (exact) mass is 448 g/mol. The van der Waals surface area contributed by atoms with Gasteiger partial charge in [-0.2, -0.15) is 18.2 Å². The molecule has 1 aliphatic rings. The molecule has 0 amide bonds. The maximum atomic E-state index is 13.1. The number of para-hydroxylation sites is 1. The molecule has 1 aromatic heterocycles. The Balaban J connectivity index is 1.90. The van der Waals surface area contributed by atoms with Gasteiger partial charge in [-0.25, -0.2) is 4.98 Å². The van der Waals surface area contributed by atoms with Gasteiger partial charge in [0.1, 0.15) is 5.82 Å². The number of hydrogen-bond acceptors (Lipinski definition) is 4. The van der Waals surface area contributed by atoms with E-state index in [9.17, 15) is 13.2 Å². The van der Waals surface area contributed by atoms with Crippen molar-refractivity contribution in [2.24, 2.45) is 0 Å². The maximum absolute atomic E-state index is 13.1. The molecule has 0 atom stereocenters. The summed E-state index contributed by atoms with van der Waals surface area (Å²) in [6.07, 6.45) is -0.513. The third-order valence-corrected chi connectivity index (χ3v) is 4.78. The van der Waals surface area contributed by atoms with Gasteiger partial charge in [0.2, 0.25) is 5.95 Å². The summed E-state index contributed by atoms with van der Waals surface area (Å²) in [4.78, 5) is 7.85. The quantitative estimate of drug-likeness (QED) is 0.632. The molecule has 1 aromatic carbocycles. The predicted octanol–water partition coefficient (Wildman–Crippen LogP) is 5.20. The summed E-state index contributed by atoms with van der Waals surface area (Å²) in [7, 11) is 0. The Hall–Kier alpha value is -1.58. The smallest absolute Gasteiger partial charge is 0.351 e. The van der Waals surface area contributed by atoms with E-state index in [-0.39, 0.29) is 17.8 Å². The van der Waals surface area contributed by atoms with Crippen molar-refractivity contribution in [1.29, 1.82) is 0 Å². The van der Waals surface area contributed by atoms with Gasteiger partial charge in [0.15, 0.2) is 5.69 Å². The maximum Gasteiger partial charge on any atom is 0.433 e. The minimum atomic E-state index is -4.52. The highest BCUT2D eigenvalue weighted by molar-refractivity contribution is 14.1. The molecule has 4 nitrogen and oxygen atoms in total. The third-order valence-electron chi connectivity index (χ3n) is 3.84. The molecule has 1 aliphatic carbocycles. The van der Waals surface area contributed by atoms with Gasteiger partial charge in [0.25, 0.3) is 0 Å². The van der Waals surface area contributed by atoms with Gasteiger partial charge < -0.3 is 10.6 Å². The van der Waals surface area contributed by atoms with Crippen LogP contribution in [-0.4, -0.2) is 16.0 Å². The highest BCUT2D eigenvalue weighted by atomic mass is 127. The van der Waals surface area contributed by atoms with Crippen molar-refractivity contribution in [2.75, 3.05) is 10.6 Å². The molecule has 2 N–H and O–H groups in total. The number of alkyl halides is 3. The molecule has 1 saturated carbocycles. The van der Waals surface area contributed by atoms with Crippen LogP contribution in [0.1, 0.15) is 31.4 Å². The zero-order valence-electron chi connectivity index (χ0n) is 12.7. The Morgan fingerprint density at radius 1 is 1.08 bits per heavy atom. The fourth-order valence-corrected chi connectivity index (χ4v) is 3.20. The second kappa shape index (κ2) is 7.12. The SMILES string of the molecule is FC(F)(F)c1cc(Nc2ccccc2I)nc(NC2CCCC2)n1. The van der Waals surface area contributed by atoms with Crippen molar-refractivity contribution in [2.45, 2.75) is 37.9 Å². The Morgan fingerprint density at radius 2 is 1.79 bits per heavy atom. The zero-order chi connectivity index (χ0) is 17.2. The molecule has 0 unspecified atom stereocenters. The second-order valence-electron chi connectivity index (χ2n) is 5.69. The van der Waals surface area contributed by atoms with Crippen LogP contribution < -0.4 is 10.6 Å². The van der Waals surface area contributed by atoms with E-state index < -0.39 is 11.9 Å².